The Kier molecular flexibility index (Phi) is 4.56. The Morgan fingerprint density at radius 1 is 1.42 bits per heavy atom. The van der Waals surface area contributed by atoms with E-state index in [1.165, 1.54) is 5.56 Å². The molecule has 2 N–H and O–H groups in total. The predicted octanol–water partition coefficient (Wildman–Crippen LogP) is 1.89. The van der Waals surface area contributed by atoms with E-state index in [0.717, 1.165) is 5.69 Å². The number of benzene rings is 1. The van der Waals surface area contributed by atoms with E-state index in [1.807, 2.05) is 23.1 Å². The Bertz CT molecular complexity index is 444. The zero-order valence-electron chi connectivity index (χ0n) is 11.6. The summed E-state index contributed by atoms with van der Waals surface area (Å²) < 4.78 is 5.51. The third kappa shape index (κ3) is 2.96. The van der Waals surface area contributed by atoms with Gasteiger partial charge in [-0.1, -0.05) is 32.0 Å². The van der Waals surface area contributed by atoms with E-state index in [1.54, 1.807) is 0 Å². The highest BCUT2D eigenvalue weighted by Crippen LogP contribution is 2.29. The van der Waals surface area contributed by atoms with Gasteiger partial charge >= 0.3 is 0 Å². The van der Waals surface area contributed by atoms with Crippen molar-refractivity contribution in [3.05, 3.63) is 29.8 Å². The monoisotopic (exact) mass is 262 g/mol. The SMILES string of the molecule is CC(C)c1ccccc1N1CCOC(CCN)C1=O. The number of hydrogen-bond acceptors (Lipinski definition) is 3. The third-order valence-corrected chi connectivity index (χ3v) is 3.45. The molecule has 1 aliphatic rings. The van der Waals surface area contributed by atoms with Gasteiger partial charge in [-0.05, 0) is 30.5 Å². The van der Waals surface area contributed by atoms with E-state index >= 15 is 0 Å². The Morgan fingerprint density at radius 3 is 2.84 bits per heavy atom. The molecule has 1 aromatic carbocycles. The van der Waals surface area contributed by atoms with E-state index in [2.05, 4.69) is 19.9 Å². The first-order chi connectivity index (χ1) is 9.15. The fourth-order valence-electron chi connectivity index (χ4n) is 2.46. The molecule has 1 aromatic rings. The molecule has 0 aromatic heterocycles. The third-order valence-electron chi connectivity index (χ3n) is 3.45. The van der Waals surface area contributed by atoms with Crippen LogP contribution in [-0.2, 0) is 9.53 Å². The minimum atomic E-state index is -0.390. The van der Waals surface area contributed by atoms with Crippen LogP contribution in [0.25, 0.3) is 0 Å². The number of carbonyl (C=O) groups is 1. The molecule has 0 radical (unpaired) electrons. The standard InChI is InChI=1S/C15H22N2O2/c1-11(2)12-5-3-4-6-13(12)17-9-10-19-14(7-8-16)15(17)18/h3-6,11,14H,7-10,16H2,1-2H3. The van der Waals surface area contributed by atoms with Crippen molar-refractivity contribution in [2.75, 3.05) is 24.6 Å². The average Bonchev–Trinajstić information content (AvgIpc) is 2.41. The quantitative estimate of drug-likeness (QED) is 0.901. The number of amides is 1. The van der Waals surface area contributed by atoms with E-state index in [9.17, 15) is 4.79 Å². The van der Waals surface area contributed by atoms with E-state index in [-0.39, 0.29) is 12.0 Å². The number of morpholine rings is 1. The van der Waals surface area contributed by atoms with Gasteiger partial charge in [-0.3, -0.25) is 4.79 Å². The highest BCUT2D eigenvalue weighted by atomic mass is 16.5. The number of nitrogens with zero attached hydrogens (tertiary/aromatic N) is 1. The molecule has 4 nitrogen and oxygen atoms in total. The van der Waals surface area contributed by atoms with Gasteiger partial charge in [-0.15, -0.1) is 0 Å². The Hall–Kier alpha value is -1.39. The van der Waals surface area contributed by atoms with Crippen molar-refractivity contribution in [2.45, 2.75) is 32.3 Å². The largest absolute Gasteiger partial charge is 0.366 e. The zero-order chi connectivity index (χ0) is 13.8. The topological polar surface area (TPSA) is 55.6 Å². The van der Waals surface area contributed by atoms with Crippen molar-refractivity contribution >= 4 is 11.6 Å². The Balaban J connectivity index is 2.28. The summed E-state index contributed by atoms with van der Waals surface area (Å²) >= 11 is 0. The molecule has 0 bridgehead atoms. The molecule has 104 valence electrons. The molecule has 0 saturated carbocycles. The maximum absolute atomic E-state index is 12.4. The summed E-state index contributed by atoms with van der Waals surface area (Å²) in [5.41, 5.74) is 7.74. The highest BCUT2D eigenvalue weighted by molar-refractivity contribution is 5.97. The van der Waals surface area contributed by atoms with Crippen LogP contribution in [0.5, 0.6) is 0 Å². The minimum Gasteiger partial charge on any atom is -0.366 e. The number of nitrogens with two attached hydrogens (primary N) is 1. The molecular weight excluding hydrogens is 240 g/mol. The molecule has 1 fully saturated rings. The van der Waals surface area contributed by atoms with Gasteiger partial charge in [0.05, 0.1) is 6.61 Å². The zero-order valence-corrected chi connectivity index (χ0v) is 11.6. The lowest BCUT2D eigenvalue weighted by Crippen LogP contribution is -2.48. The summed E-state index contributed by atoms with van der Waals surface area (Å²) in [6.45, 7) is 5.94. The molecule has 1 amide bonds. The summed E-state index contributed by atoms with van der Waals surface area (Å²) in [7, 11) is 0. The van der Waals surface area contributed by atoms with Crippen LogP contribution in [0.4, 0.5) is 5.69 Å². The smallest absolute Gasteiger partial charge is 0.256 e. The van der Waals surface area contributed by atoms with Crippen LogP contribution >= 0.6 is 0 Å². The number of para-hydroxylation sites is 1. The second kappa shape index (κ2) is 6.17. The van der Waals surface area contributed by atoms with Gasteiger partial charge in [-0.25, -0.2) is 0 Å². The molecule has 1 saturated heterocycles. The van der Waals surface area contributed by atoms with E-state index in [4.69, 9.17) is 10.5 Å². The molecule has 1 aliphatic heterocycles. The number of carbonyl (C=O) groups excluding carboxylic acids is 1. The lowest BCUT2D eigenvalue weighted by atomic mass is 9.99. The van der Waals surface area contributed by atoms with Crippen molar-refractivity contribution in [3.63, 3.8) is 0 Å². The average molecular weight is 262 g/mol. The fourth-order valence-corrected chi connectivity index (χ4v) is 2.46. The molecule has 19 heavy (non-hydrogen) atoms. The van der Waals surface area contributed by atoms with Crippen LogP contribution in [-0.4, -0.2) is 31.7 Å². The highest BCUT2D eigenvalue weighted by Gasteiger charge is 2.31. The molecular formula is C15H22N2O2. The number of anilines is 1. The first kappa shape index (κ1) is 14.0. The van der Waals surface area contributed by atoms with Gasteiger partial charge in [0, 0.05) is 12.2 Å². The maximum atomic E-state index is 12.4. The Morgan fingerprint density at radius 2 is 2.16 bits per heavy atom. The second-order valence-corrected chi connectivity index (χ2v) is 5.14. The van der Waals surface area contributed by atoms with Gasteiger partial charge < -0.3 is 15.4 Å². The van der Waals surface area contributed by atoms with Gasteiger partial charge in [0.15, 0.2) is 0 Å². The first-order valence-electron chi connectivity index (χ1n) is 6.87. The Labute approximate surface area is 114 Å². The number of ether oxygens (including phenoxy) is 1. The van der Waals surface area contributed by atoms with Crippen LogP contribution in [0.1, 0.15) is 31.7 Å². The lowest BCUT2D eigenvalue weighted by Gasteiger charge is -2.34. The van der Waals surface area contributed by atoms with Crippen molar-refractivity contribution in [2.24, 2.45) is 5.73 Å². The van der Waals surface area contributed by atoms with Crippen molar-refractivity contribution in [3.8, 4) is 0 Å². The number of rotatable bonds is 4. The van der Waals surface area contributed by atoms with Gasteiger partial charge in [-0.2, -0.15) is 0 Å². The van der Waals surface area contributed by atoms with Crippen LogP contribution in [0, 0.1) is 0 Å². The van der Waals surface area contributed by atoms with Crippen LogP contribution in [0.15, 0.2) is 24.3 Å². The normalized spacial score (nSPS) is 20.1. The summed E-state index contributed by atoms with van der Waals surface area (Å²) in [6.07, 6.45) is 0.193. The first-order valence-corrected chi connectivity index (χ1v) is 6.87. The number of hydrogen-bond donors (Lipinski definition) is 1. The van der Waals surface area contributed by atoms with Gasteiger partial charge in [0.25, 0.3) is 5.91 Å². The van der Waals surface area contributed by atoms with E-state index in [0.29, 0.717) is 32.0 Å². The summed E-state index contributed by atoms with van der Waals surface area (Å²) in [6, 6.07) is 8.09. The molecule has 0 aliphatic carbocycles. The molecule has 4 heteroatoms. The molecule has 1 heterocycles. The van der Waals surface area contributed by atoms with Crippen molar-refractivity contribution < 1.29 is 9.53 Å². The maximum Gasteiger partial charge on any atom is 0.256 e. The van der Waals surface area contributed by atoms with Crippen LogP contribution in [0.2, 0.25) is 0 Å². The van der Waals surface area contributed by atoms with Gasteiger partial charge in [0.1, 0.15) is 6.10 Å². The molecule has 1 atom stereocenters. The molecule has 2 rings (SSSR count). The molecule has 1 unspecified atom stereocenters. The minimum absolute atomic E-state index is 0.0322. The van der Waals surface area contributed by atoms with Crippen LogP contribution < -0.4 is 10.6 Å². The van der Waals surface area contributed by atoms with E-state index < -0.39 is 0 Å². The summed E-state index contributed by atoms with van der Waals surface area (Å²) in [4.78, 5) is 14.3. The summed E-state index contributed by atoms with van der Waals surface area (Å²) in [5, 5.41) is 0. The van der Waals surface area contributed by atoms with Crippen LogP contribution in [0.3, 0.4) is 0 Å². The van der Waals surface area contributed by atoms with Gasteiger partial charge in [0.2, 0.25) is 0 Å². The molecule has 0 spiro atoms. The fraction of sp³-hybridized carbons (Fsp3) is 0.533. The summed E-state index contributed by atoms with van der Waals surface area (Å²) in [5.74, 6) is 0.421. The van der Waals surface area contributed by atoms with Crippen molar-refractivity contribution in [1.29, 1.82) is 0 Å². The lowest BCUT2D eigenvalue weighted by molar-refractivity contribution is -0.134. The van der Waals surface area contributed by atoms with Crippen molar-refractivity contribution in [1.82, 2.24) is 0 Å². The second-order valence-electron chi connectivity index (χ2n) is 5.14. The predicted molar refractivity (Wildman–Crippen MR) is 76.3 cm³/mol.